The molecule has 1 saturated heterocycles. The quantitative estimate of drug-likeness (QED) is 0.716. The van der Waals surface area contributed by atoms with Crippen molar-refractivity contribution in [2.75, 3.05) is 26.4 Å². The van der Waals surface area contributed by atoms with Crippen LogP contribution < -0.4 is 10.1 Å². The van der Waals surface area contributed by atoms with Crippen LogP contribution in [0.3, 0.4) is 0 Å². The Labute approximate surface area is 157 Å². The summed E-state index contributed by atoms with van der Waals surface area (Å²) in [6.45, 7) is 1.77. The Kier molecular flexibility index (Phi) is 6.32. The molecular weight excluding hydrogens is 360 g/mol. The van der Waals surface area contributed by atoms with Gasteiger partial charge in [0.05, 0.1) is 18.1 Å². The highest BCUT2D eigenvalue weighted by Gasteiger charge is 2.30. The van der Waals surface area contributed by atoms with Crippen LogP contribution >= 0.6 is 11.6 Å². The van der Waals surface area contributed by atoms with Crippen molar-refractivity contribution in [3.8, 4) is 5.88 Å². The second-order valence-electron chi connectivity index (χ2n) is 6.87. The molecule has 3 rings (SSSR count). The van der Waals surface area contributed by atoms with E-state index in [4.69, 9.17) is 21.1 Å². The van der Waals surface area contributed by atoms with E-state index < -0.39 is 17.8 Å². The summed E-state index contributed by atoms with van der Waals surface area (Å²) in [5, 5.41) is 12.4. The third-order valence-electron chi connectivity index (χ3n) is 4.86. The Bertz CT molecular complexity index is 659. The summed E-state index contributed by atoms with van der Waals surface area (Å²) >= 11 is 6.14. The van der Waals surface area contributed by atoms with E-state index in [9.17, 15) is 14.7 Å². The fourth-order valence-electron chi connectivity index (χ4n) is 3.02. The number of hydrogen-bond acceptors (Lipinski definition) is 5. The molecule has 2 fully saturated rings. The maximum atomic E-state index is 12.3. The lowest BCUT2D eigenvalue weighted by molar-refractivity contribution is -0.144. The number of carboxylic acids is 1. The molecule has 1 saturated carbocycles. The highest BCUT2D eigenvalue weighted by molar-refractivity contribution is 6.32. The normalized spacial score (nSPS) is 19.0. The number of aliphatic carboxylic acids is 1. The molecule has 1 aliphatic carbocycles. The highest BCUT2D eigenvalue weighted by atomic mass is 35.5. The number of pyridine rings is 1. The van der Waals surface area contributed by atoms with Crippen LogP contribution in [0.25, 0.3) is 0 Å². The first kappa shape index (κ1) is 18.9. The van der Waals surface area contributed by atoms with Crippen LogP contribution in [0.5, 0.6) is 5.88 Å². The zero-order valence-corrected chi connectivity index (χ0v) is 15.2. The van der Waals surface area contributed by atoms with Gasteiger partial charge in [0.15, 0.2) is 0 Å². The van der Waals surface area contributed by atoms with Gasteiger partial charge in [-0.1, -0.05) is 11.6 Å². The number of hydrogen-bond donors (Lipinski definition) is 2. The van der Waals surface area contributed by atoms with Crippen LogP contribution in [0, 0.1) is 17.8 Å². The van der Waals surface area contributed by atoms with Gasteiger partial charge in [-0.25, -0.2) is 4.98 Å². The molecule has 0 radical (unpaired) electrons. The van der Waals surface area contributed by atoms with Gasteiger partial charge < -0.3 is 19.9 Å². The summed E-state index contributed by atoms with van der Waals surface area (Å²) in [6, 6.07) is 1.50. The summed E-state index contributed by atoms with van der Waals surface area (Å²) < 4.78 is 10.8. The first-order valence-electron chi connectivity index (χ1n) is 8.91. The van der Waals surface area contributed by atoms with Gasteiger partial charge in [0, 0.05) is 26.0 Å². The number of rotatable bonds is 8. The molecule has 1 aromatic rings. The molecule has 1 atom stereocenters. The maximum Gasteiger partial charge on any atom is 0.308 e. The minimum absolute atomic E-state index is 0.00135. The molecule has 2 heterocycles. The van der Waals surface area contributed by atoms with E-state index in [2.05, 4.69) is 10.3 Å². The summed E-state index contributed by atoms with van der Waals surface area (Å²) in [5.74, 6) is -1.03. The van der Waals surface area contributed by atoms with Crippen molar-refractivity contribution in [2.45, 2.75) is 25.7 Å². The molecule has 2 N–H and O–H groups in total. The van der Waals surface area contributed by atoms with Crippen LogP contribution in [0.15, 0.2) is 12.3 Å². The average molecular weight is 383 g/mol. The van der Waals surface area contributed by atoms with Gasteiger partial charge in [-0.05, 0) is 43.6 Å². The highest BCUT2D eigenvalue weighted by Crippen LogP contribution is 2.31. The Morgan fingerprint density at radius 3 is 2.69 bits per heavy atom. The van der Waals surface area contributed by atoms with Crippen LogP contribution in [-0.2, 0) is 9.53 Å². The SMILES string of the molecule is O=C(NCC(C(=O)O)C1CCOCC1)c1cnc(OCC2CC2)c(Cl)c1. The number of amides is 1. The first-order chi connectivity index (χ1) is 12.5. The average Bonchev–Trinajstić information content (AvgIpc) is 3.45. The number of halogens is 1. The summed E-state index contributed by atoms with van der Waals surface area (Å²) in [5.41, 5.74) is 0.282. The molecular formula is C18H23ClN2O5. The zero-order chi connectivity index (χ0) is 18.5. The molecule has 26 heavy (non-hydrogen) atoms. The second kappa shape index (κ2) is 8.68. The van der Waals surface area contributed by atoms with Crippen LogP contribution in [0.4, 0.5) is 0 Å². The predicted molar refractivity (Wildman–Crippen MR) is 94.5 cm³/mol. The van der Waals surface area contributed by atoms with E-state index in [1.807, 2.05) is 0 Å². The largest absolute Gasteiger partial charge is 0.481 e. The van der Waals surface area contributed by atoms with E-state index in [1.165, 1.54) is 12.3 Å². The van der Waals surface area contributed by atoms with Crippen molar-refractivity contribution < 1.29 is 24.2 Å². The molecule has 0 aromatic carbocycles. The van der Waals surface area contributed by atoms with Crippen molar-refractivity contribution in [1.82, 2.24) is 10.3 Å². The minimum Gasteiger partial charge on any atom is -0.481 e. The van der Waals surface area contributed by atoms with E-state index in [1.54, 1.807) is 0 Å². The number of aromatic nitrogens is 1. The zero-order valence-electron chi connectivity index (χ0n) is 14.4. The fraction of sp³-hybridized carbons (Fsp3) is 0.611. The number of carboxylic acid groups (broad SMARTS) is 1. The molecule has 0 bridgehead atoms. The third kappa shape index (κ3) is 5.08. The number of carbonyl (C=O) groups excluding carboxylic acids is 1. The minimum atomic E-state index is -0.905. The first-order valence-corrected chi connectivity index (χ1v) is 9.29. The number of carbonyl (C=O) groups is 2. The van der Waals surface area contributed by atoms with E-state index in [0.29, 0.717) is 44.5 Å². The lowest BCUT2D eigenvalue weighted by Gasteiger charge is -2.27. The van der Waals surface area contributed by atoms with Crippen molar-refractivity contribution in [2.24, 2.45) is 17.8 Å². The van der Waals surface area contributed by atoms with E-state index in [0.717, 1.165) is 12.8 Å². The Morgan fingerprint density at radius 2 is 2.08 bits per heavy atom. The van der Waals surface area contributed by atoms with Crippen molar-refractivity contribution >= 4 is 23.5 Å². The standard InChI is InChI=1S/C18H23ClN2O5/c19-15-7-13(8-21-17(15)26-10-11-1-2-11)16(22)20-9-14(18(23)24)12-3-5-25-6-4-12/h7-8,11-12,14H,1-6,9-10H2,(H,20,22)(H,23,24). The van der Waals surface area contributed by atoms with Crippen LogP contribution in [-0.4, -0.2) is 48.3 Å². The van der Waals surface area contributed by atoms with E-state index in [-0.39, 0.29) is 23.0 Å². The maximum absolute atomic E-state index is 12.3. The van der Waals surface area contributed by atoms with Gasteiger partial charge in [0.2, 0.25) is 5.88 Å². The van der Waals surface area contributed by atoms with Crippen molar-refractivity contribution in [3.63, 3.8) is 0 Å². The van der Waals surface area contributed by atoms with Gasteiger partial charge in [0.25, 0.3) is 5.91 Å². The van der Waals surface area contributed by atoms with Crippen molar-refractivity contribution in [1.29, 1.82) is 0 Å². The fourth-order valence-corrected chi connectivity index (χ4v) is 3.24. The topological polar surface area (TPSA) is 97.8 Å². The summed E-state index contributed by atoms with van der Waals surface area (Å²) in [4.78, 5) is 28.0. The van der Waals surface area contributed by atoms with Gasteiger partial charge in [0.1, 0.15) is 5.02 Å². The third-order valence-corrected chi connectivity index (χ3v) is 5.13. The molecule has 142 valence electrons. The van der Waals surface area contributed by atoms with E-state index >= 15 is 0 Å². The van der Waals surface area contributed by atoms with Crippen LogP contribution in [0.1, 0.15) is 36.0 Å². The number of nitrogens with one attached hydrogen (secondary N) is 1. The van der Waals surface area contributed by atoms with Crippen LogP contribution in [0.2, 0.25) is 5.02 Å². The molecule has 8 heteroatoms. The lowest BCUT2D eigenvalue weighted by atomic mass is 9.86. The molecule has 1 amide bonds. The molecule has 7 nitrogen and oxygen atoms in total. The molecule has 1 aromatic heterocycles. The predicted octanol–water partition coefficient (Wildman–Crippen LogP) is 2.38. The molecule has 2 aliphatic rings. The lowest BCUT2D eigenvalue weighted by Crippen LogP contribution is -2.39. The molecule has 0 spiro atoms. The number of ether oxygens (including phenoxy) is 2. The Morgan fingerprint density at radius 1 is 1.35 bits per heavy atom. The molecule has 1 aliphatic heterocycles. The van der Waals surface area contributed by atoms with Gasteiger partial charge in [-0.3, -0.25) is 9.59 Å². The van der Waals surface area contributed by atoms with Gasteiger partial charge in [-0.2, -0.15) is 0 Å². The monoisotopic (exact) mass is 382 g/mol. The Hall–Kier alpha value is -1.86. The summed E-state index contributed by atoms with van der Waals surface area (Å²) in [7, 11) is 0. The van der Waals surface area contributed by atoms with Gasteiger partial charge >= 0.3 is 5.97 Å². The Balaban J connectivity index is 1.55. The second-order valence-corrected chi connectivity index (χ2v) is 7.28. The smallest absolute Gasteiger partial charge is 0.308 e. The van der Waals surface area contributed by atoms with Gasteiger partial charge in [-0.15, -0.1) is 0 Å². The summed E-state index contributed by atoms with van der Waals surface area (Å²) in [6.07, 6.45) is 5.10. The number of nitrogens with zero attached hydrogens (tertiary/aromatic N) is 1. The molecule has 1 unspecified atom stereocenters. The van der Waals surface area contributed by atoms with Crippen molar-refractivity contribution in [3.05, 3.63) is 22.8 Å².